The monoisotopic (exact) mass is 451 g/mol. The number of aliphatic imine (C=N–C) groups is 1. The second kappa shape index (κ2) is 9.77. The minimum Gasteiger partial charge on any atom is -0.467 e. The highest BCUT2D eigenvalue weighted by Gasteiger charge is 2.25. The van der Waals surface area contributed by atoms with E-state index in [4.69, 9.17) is 13.8 Å². The van der Waals surface area contributed by atoms with Gasteiger partial charge in [0, 0.05) is 24.0 Å². The first kappa shape index (κ1) is 21.1. The number of nitrogens with one attached hydrogen (secondary N) is 1. The fourth-order valence-corrected chi connectivity index (χ4v) is 5.77. The van der Waals surface area contributed by atoms with E-state index in [1.165, 1.54) is 37.0 Å². The number of aryl methyl sites for hydroxylation is 1. The van der Waals surface area contributed by atoms with Crippen LogP contribution in [-0.4, -0.2) is 25.2 Å². The van der Waals surface area contributed by atoms with Crippen LogP contribution in [0.2, 0.25) is 0 Å². The van der Waals surface area contributed by atoms with E-state index in [0.717, 1.165) is 60.3 Å². The molecule has 1 saturated heterocycles. The van der Waals surface area contributed by atoms with Gasteiger partial charge in [0.2, 0.25) is 0 Å². The van der Waals surface area contributed by atoms with Gasteiger partial charge in [-0.05, 0) is 62.3 Å². The summed E-state index contributed by atoms with van der Waals surface area (Å²) in [5.74, 6) is 2.29. The van der Waals surface area contributed by atoms with E-state index in [9.17, 15) is 4.79 Å². The number of furan rings is 2. The van der Waals surface area contributed by atoms with Gasteiger partial charge >= 0.3 is 0 Å². The summed E-state index contributed by atoms with van der Waals surface area (Å²) >= 11 is 1.64. The highest BCUT2D eigenvalue weighted by atomic mass is 32.1. The van der Waals surface area contributed by atoms with Crippen LogP contribution in [0.3, 0.4) is 0 Å². The number of rotatable bonds is 6. The lowest BCUT2D eigenvalue weighted by Gasteiger charge is -2.18. The van der Waals surface area contributed by atoms with Crippen LogP contribution in [0.15, 0.2) is 44.4 Å². The topological polar surface area (TPSA) is 71.0 Å². The molecule has 0 spiro atoms. The molecule has 2 aliphatic rings. The highest BCUT2D eigenvalue weighted by molar-refractivity contribution is 7.16. The smallest absolute Gasteiger partial charge is 0.255 e. The van der Waals surface area contributed by atoms with E-state index in [0.29, 0.717) is 12.1 Å². The number of hydrogen-bond donors (Lipinski definition) is 1. The quantitative estimate of drug-likeness (QED) is 0.476. The number of nitrogens with zero attached hydrogens (tertiary/aromatic N) is 2. The Morgan fingerprint density at radius 2 is 1.94 bits per heavy atom. The molecule has 1 N–H and O–H groups in total. The summed E-state index contributed by atoms with van der Waals surface area (Å²) in [6.07, 6.45) is 12.6. The fourth-order valence-electron chi connectivity index (χ4n) is 4.54. The predicted octanol–water partition coefficient (Wildman–Crippen LogP) is 5.87. The fraction of sp³-hybridized carbons (Fsp3) is 0.440. The zero-order valence-corrected chi connectivity index (χ0v) is 19.1. The Hall–Kier alpha value is -2.80. The maximum Gasteiger partial charge on any atom is 0.255 e. The average Bonchev–Trinajstić information content (AvgIpc) is 3.53. The molecule has 3 aromatic heterocycles. The Kier molecular flexibility index (Phi) is 6.44. The van der Waals surface area contributed by atoms with Crippen LogP contribution in [0.5, 0.6) is 0 Å². The molecule has 0 saturated carbocycles. The van der Waals surface area contributed by atoms with E-state index in [-0.39, 0.29) is 5.91 Å². The normalized spacial score (nSPS) is 16.8. The van der Waals surface area contributed by atoms with Crippen molar-refractivity contribution in [2.24, 2.45) is 4.99 Å². The second-order valence-corrected chi connectivity index (χ2v) is 9.57. The van der Waals surface area contributed by atoms with Gasteiger partial charge in [0.25, 0.3) is 5.91 Å². The lowest BCUT2D eigenvalue weighted by molar-refractivity contribution is 0.0948. The van der Waals surface area contributed by atoms with Gasteiger partial charge in [-0.2, -0.15) is 0 Å². The number of anilines is 1. The third-order valence-corrected chi connectivity index (χ3v) is 7.42. The standard InChI is InChI=1S/C25H29N3O3S/c29-24(26-16-18-8-7-15-30-18)23-20-9-3-4-10-21(20)32-25(23)27-17-19-11-12-22(31-19)28-13-5-1-2-6-14-28/h7-8,11-12,15,17H,1-6,9-10,13-14,16H2,(H,26,29). The molecule has 6 nitrogen and oxygen atoms in total. The predicted molar refractivity (Wildman–Crippen MR) is 127 cm³/mol. The number of carbonyl (C=O) groups is 1. The minimum absolute atomic E-state index is 0.0855. The molecule has 1 amide bonds. The van der Waals surface area contributed by atoms with Gasteiger partial charge < -0.3 is 19.1 Å². The number of fused-ring (bicyclic) bond motifs is 1. The first-order chi connectivity index (χ1) is 15.8. The molecule has 0 bridgehead atoms. The van der Waals surface area contributed by atoms with Gasteiger partial charge in [0.1, 0.15) is 16.5 Å². The maximum absolute atomic E-state index is 13.1. The molecule has 1 aliphatic carbocycles. The van der Waals surface area contributed by atoms with Crippen molar-refractivity contribution in [2.45, 2.75) is 57.9 Å². The molecule has 5 rings (SSSR count). The summed E-state index contributed by atoms with van der Waals surface area (Å²) < 4.78 is 11.4. The molecule has 0 radical (unpaired) electrons. The summed E-state index contributed by atoms with van der Waals surface area (Å²) in [7, 11) is 0. The number of carbonyl (C=O) groups excluding carboxylic acids is 1. The van der Waals surface area contributed by atoms with Crippen molar-refractivity contribution < 1.29 is 13.6 Å². The number of thiophene rings is 1. The molecule has 0 aromatic carbocycles. The zero-order chi connectivity index (χ0) is 21.8. The Morgan fingerprint density at radius 3 is 2.75 bits per heavy atom. The van der Waals surface area contributed by atoms with Crippen LogP contribution in [0.25, 0.3) is 0 Å². The molecule has 0 atom stereocenters. The van der Waals surface area contributed by atoms with E-state index in [2.05, 4.69) is 10.2 Å². The third kappa shape index (κ3) is 4.67. The van der Waals surface area contributed by atoms with Crippen molar-refractivity contribution in [1.29, 1.82) is 0 Å². The summed E-state index contributed by atoms with van der Waals surface area (Å²) in [6, 6.07) is 7.69. The summed E-state index contributed by atoms with van der Waals surface area (Å²) in [4.78, 5) is 21.4. The molecular weight excluding hydrogens is 422 g/mol. The minimum atomic E-state index is -0.0855. The first-order valence-electron chi connectivity index (χ1n) is 11.6. The Bertz CT molecular complexity index is 1070. The van der Waals surface area contributed by atoms with Crippen LogP contribution in [-0.2, 0) is 19.4 Å². The molecule has 3 aromatic rings. The lowest BCUT2D eigenvalue weighted by atomic mass is 9.95. The average molecular weight is 452 g/mol. The van der Waals surface area contributed by atoms with Crippen LogP contribution in [0, 0.1) is 0 Å². The molecule has 0 unspecified atom stereocenters. The maximum atomic E-state index is 13.1. The van der Waals surface area contributed by atoms with Crippen molar-refractivity contribution >= 4 is 34.3 Å². The second-order valence-electron chi connectivity index (χ2n) is 8.49. The molecule has 4 heterocycles. The highest BCUT2D eigenvalue weighted by Crippen LogP contribution is 2.40. The lowest BCUT2D eigenvalue weighted by Crippen LogP contribution is -2.23. The van der Waals surface area contributed by atoms with Crippen LogP contribution >= 0.6 is 11.3 Å². The number of amides is 1. The molecular formula is C25H29N3O3S. The Labute approximate surface area is 192 Å². The van der Waals surface area contributed by atoms with Gasteiger partial charge in [-0.3, -0.25) is 4.79 Å². The summed E-state index contributed by atoms with van der Waals surface area (Å²) in [5.41, 5.74) is 1.88. The Balaban J connectivity index is 1.35. The third-order valence-electron chi connectivity index (χ3n) is 6.22. The van der Waals surface area contributed by atoms with Gasteiger partial charge in [-0.15, -0.1) is 11.3 Å². The molecule has 168 valence electrons. The molecule has 7 heteroatoms. The van der Waals surface area contributed by atoms with Crippen molar-refractivity contribution in [3.05, 3.63) is 58.1 Å². The first-order valence-corrected chi connectivity index (χ1v) is 12.4. The van der Waals surface area contributed by atoms with Crippen LogP contribution < -0.4 is 10.2 Å². The van der Waals surface area contributed by atoms with Crippen LogP contribution in [0.1, 0.15) is 70.8 Å². The van der Waals surface area contributed by atoms with Gasteiger partial charge in [-0.1, -0.05) is 12.8 Å². The molecule has 1 fully saturated rings. The summed E-state index contributed by atoms with van der Waals surface area (Å²) in [5, 5.41) is 3.76. The van der Waals surface area contributed by atoms with E-state index >= 15 is 0 Å². The molecule has 1 aliphatic heterocycles. The largest absolute Gasteiger partial charge is 0.467 e. The van der Waals surface area contributed by atoms with Crippen LogP contribution in [0.4, 0.5) is 10.9 Å². The van der Waals surface area contributed by atoms with Gasteiger partial charge in [0.15, 0.2) is 5.88 Å². The number of hydrogen-bond acceptors (Lipinski definition) is 6. The molecule has 32 heavy (non-hydrogen) atoms. The van der Waals surface area contributed by atoms with Crippen molar-refractivity contribution in [3.8, 4) is 0 Å². The van der Waals surface area contributed by atoms with Crippen molar-refractivity contribution in [1.82, 2.24) is 5.32 Å². The van der Waals surface area contributed by atoms with E-state index < -0.39 is 0 Å². The Morgan fingerprint density at radius 1 is 1.09 bits per heavy atom. The SMILES string of the molecule is O=C(NCc1ccco1)c1c(N=Cc2ccc(N3CCCCCC3)o2)sc2c1CCCC2. The van der Waals surface area contributed by atoms with Gasteiger partial charge in [-0.25, -0.2) is 4.99 Å². The van der Waals surface area contributed by atoms with Crippen molar-refractivity contribution in [2.75, 3.05) is 18.0 Å². The summed E-state index contributed by atoms with van der Waals surface area (Å²) in [6.45, 7) is 2.46. The van der Waals surface area contributed by atoms with E-state index in [1.807, 2.05) is 24.3 Å². The zero-order valence-electron chi connectivity index (χ0n) is 18.3. The van der Waals surface area contributed by atoms with Crippen molar-refractivity contribution in [3.63, 3.8) is 0 Å². The van der Waals surface area contributed by atoms with E-state index in [1.54, 1.807) is 23.8 Å². The van der Waals surface area contributed by atoms with Gasteiger partial charge in [0.05, 0.1) is 24.6 Å².